The van der Waals surface area contributed by atoms with E-state index in [1.54, 1.807) is 6.26 Å². The quantitative estimate of drug-likeness (QED) is 0.807. The van der Waals surface area contributed by atoms with Crippen LogP contribution in [0.15, 0.2) is 47.1 Å². The first kappa shape index (κ1) is 10.4. The second-order valence-electron chi connectivity index (χ2n) is 4.83. The SMILES string of the molecule is CC1(N)CC(c2ccccc2)=Cc2ccoc21. The molecule has 1 heterocycles. The zero-order chi connectivity index (χ0) is 11.9. The topological polar surface area (TPSA) is 39.2 Å². The second kappa shape index (κ2) is 3.60. The number of hydrogen-bond acceptors (Lipinski definition) is 2. The molecule has 0 aliphatic heterocycles. The molecule has 0 bridgehead atoms. The molecule has 2 aromatic rings. The lowest BCUT2D eigenvalue weighted by atomic mass is 9.81. The van der Waals surface area contributed by atoms with E-state index in [1.807, 2.05) is 19.1 Å². The van der Waals surface area contributed by atoms with Crippen molar-refractivity contribution in [3.63, 3.8) is 0 Å². The summed E-state index contributed by atoms with van der Waals surface area (Å²) in [5.74, 6) is 0.886. The number of furan rings is 1. The summed E-state index contributed by atoms with van der Waals surface area (Å²) in [6.45, 7) is 2.02. The zero-order valence-corrected chi connectivity index (χ0v) is 9.81. The zero-order valence-electron chi connectivity index (χ0n) is 9.81. The Labute approximate surface area is 101 Å². The molecule has 0 amide bonds. The van der Waals surface area contributed by atoms with Crippen LogP contribution in [0.4, 0.5) is 0 Å². The average molecular weight is 225 g/mol. The highest BCUT2D eigenvalue weighted by Gasteiger charge is 2.32. The van der Waals surface area contributed by atoms with E-state index < -0.39 is 5.54 Å². The van der Waals surface area contributed by atoms with Gasteiger partial charge in [-0.15, -0.1) is 0 Å². The van der Waals surface area contributed by atoms with E-state index in [9.17, 15) is 0 Å². The Hall–Kier alpha value is -1.80. The molecular weight excluding hydrogens is 210 g/mol. The summed E-state index contributed by atoms with van der Waals surface area (Å²) in [5, 5.41) is 0. The van der Waals surface area contributed by atoms with Gasteiger partial charge in [0.15, 0.2) is 0 Å². The van der Waals surface area contributed by atoms with Crippen LogP contribution < -0.4 is 5.73 Å². The molecule has 0 fully saturated rings. The monoisotopic (exact) mass is 225 g/mol. The minimum Gasteiger partial charge on any atom is -0.467 e. The van der Waals surface area contributed by atoms with Gasteiger partial charge in [0, 0.05) is 5.56 Å². The van der Waals surface area contributed by atoms with Crippen molar-refractivity contribution in [2.45, 2.75) is 18.9 Å². The van der Waals surface area contributed by atoms with Crippen LogP contribution in [0.3, 0.4) is 0 Å². The highest BCUT2D eigenvalue weighted by molar-refractivity contribution is 5.85. The molecule has 17 heavy (non-hydrogen) atoms. The number of rotatable bonds is 1. The highest BCUT2D eigenvalue weighted by atomic mass is 16.3. The summed E-state index contributed by atoms with van der Waals surface area (Å²) >= 11 is 0. The van der Waals surface area contributed by atoms with Crippen molar-refractivity contribution in [2.24, 2.45) is 5.73 Å². The summed E-state index contributed by atoms with van der Waals surface area (Å²) in [6, 6.07) is 12.3. The minimum absolute atomic E-state index is 0.418. The van der Waals surface area contributed by atoms with E-state index in [0.29, 0.717) is 0 Å². The Balaban J connectivity index is 2.11. The van der Waals surface area contributed by atoms with Gasteiger partial charge in [-0.3, -0.25) is 0 Å². The van der Waals surface area contributed by atoms with Crippen LogP contribution in [0.25, 0.3) is 11.6 Å². The van der Waals surface area contributed by atoms with Crippen molar-refractivity contribution in [3.8, 4) is 0 Å². The number of nitrogens with two attached hydrogens (primary N) is 1. The predicted octanol–water partition coefficient (Wildman–Crippen LogP) is 3.40. The fourth-order valence-corrected chi connectivity index (χ4v) is 2.45. The second-order valence-corrected chi connectivity index (χ2v) is 4.83. The maximum absolute atomic E-state index is 6.33. The van der Waals surface area contributed by atoms with Crippen molar-refractivity contribution < 1.29 is 4.42 Å². The third-order valence-electron chi connectivity index (χ3n) is 3.25. The van der Waals surface area contributed by atoms with Crippen LogP contribution in [-0.4, -0.2) is 0 Å². The fraction of sp³-hybridized carbons (Fsp3) is 0.200. The van der Waals surface area contributed by atoms with Gasteiger partial charge >= 0.3 is 0 Å². The van der Waals surface area contributed by atoms with E-state index in [-0.39, 0.29) is 0 Å². The van der Waals surface area contributed by atoms with Gasteiger partial charge in [-0.1, -0.05) is 30.3 Å². The Morgan fingerprint density at radius 3 is 2.71 bits per heavy atom. The van der Waals surface area contributed by atoms with Gasteiger partial charge in [0.1, 0.15) is 5.76 Å². The van der Waals surface area contributed by atoms with Crippen molar-refractivity contribution in [2.75, 3.05) is 0 Å². The van der Waals surface area contributed by atoms with Crippen molar-refractivity contribution in [3.05, 3.63) is 59.5 Å². The van der Waals surface area contributed by atoms with Crippen LogP contribution in [0, 0.1) is 0 Å². The van der Waals surface area contributed by atoms with Crippen LogP contribution >= 0.6 is 0 Å². The third kappa shape index (κ3) is 1.71. The van der Waals surface area contributed by atoms with E-state index in [2.05, 4.69) is 30.3 Å². The van der Waals surface area contributed by atoms with E-state index in [0.717, 1.165) is 17.7 Å². The van der Waals surface area contributed by atoms with Crippen LogP contribution in [0.2, 0.25) is 0 Å². The van der Waals surface area contributed by atoms with Gasteiger partial charge < -0.3 is 10.2 Å². The lowest BCUT2D eigenvalue weighted by molar-refractivity contribution is 0.371. The lowest BCUT2D eigenvalue weighted by Gasteiger charge is -2.28. The Morgan fingerprint density at radius 1 is 1.18 bits per heavy atom. The maximum atomic E-state index is 6.33. The molecule has 3 rings (SSSR count). The van der Waals surface area contributed by atoms with Gasteiger partial charge in [0.2, 0.25) is 0 Å². The molecule has 86 valence electrons. The molecule has 0 saturated carbocycles. The normalized spacial score (nSPS) is 23.1. The summed E-state index contributed by atoms with van der Waals surface area (Å²) in [5.41, 5.74) is 9.51. The van der Waals surface area contributed by atoms with E-state index in [1.165, 1.54) is 11.1 Å². The van der Waals surface area contributed by atoms with Crippen molar-refractivity contribution in [1.82, 2.24) is 0 Å². The lowest BCUT2D eigenvalue weighted by Crippen LogP contribution is -2.35. The van der Waals surface area contributed by atoms with Gasteiger partial charge in [-0.05, 0) is 36.6 Å². The molecule has 1 unspecified atom stereocenters. The number of hydrogen-bond donors (Lipinski definition) is 1. The Bertz CT molecular complexity index is 564. The first-order valence-electron chi connectivity index (χ1n) is 5.80. The van der Waals surface area contributed by atoms with Gasteiger partial charge in [-0.25, -0.2) is 0 Å². The van der Waals surface area contributed by atoms with Crippen LogP contribution in [0.5, 0.6) is 0 Å². The molecule has 2 heteroatoms. The third-order valence-corrected chi connectivity index (χ3v) is 3.25. The summed E-state index contributed by atoms with van der Waals surface area (Å²) in [7, 11) is 0. The highest BCUT2D eigenvalue weighted by Crippen LogP contribution is 2.39. The molecule has 1 aliphatic carbocycles. The number of fused-ring (bicyclic) bond motifs is 1. The molecular formula is C15H15NO. The molecule has 0 radical (unpaired) electrons. The van der Waals surface area contributed by atoms with Gasteiger partial charge in [0.25, 0.3) is 0 Å². The first-order valence-corrected chi connectivity index (χ1v) is 5.80. The minimum atomic E-state index is -0.418. The van der Waals surface area contributed by atoms with Crippen molar-refractivity contribution in [1.29, 1.82) is 0 Å². The molecule has 1 aromatic carbocycles. The fourth-order valence-electron chi connectivity index (χ4n) is 2.45. The Kier molecular flexibility index (Phi) is 2.20. The maximum Gasteiger partial charge on any atom is 0.130 e. The van der Waals surface area contributed by atoms with Gasteiger partial charge in [-0.2, -0.15) is 0 Å². The largest absolute Gasteiger partial charge is 0.467 e. The smallest absolute Gasteiger partial charge is 0.130 e. The molecule has 0 saturated heterocycles. The summed E-state index contributed by atoms with van der Waals surface area (Å²) in [4.78, 5) is 0. The van der Waals surface area contributed by atoms with E-state index >= 15 is 0 Å². The molecule has 2 nitrogen and oxygen atoms in total. The first-order chi connectivity index (χ1) is 8.17. The summed E-state index contributed by atoms with van der Waals surface area (Å²) in [6.07, 6.45) is 4.68. The molecule has 1 atom stereocenters. The summed E-state index contributed by atoms with van der Waals surface area (Å²) < 4.78 is 5.49. The molecule has 0 spiro atoms. The van der Waals surface area contributed by atoms with Crippen LogP contribution in [0.1, 0.15) is 30.2 Å². The standard InChI is InChI=1S/C15H15NO/c1-15(16)10-13(11-5-3-2-4-6-11)9-12-7-8-17-14(12)15/h2-9H,10,16H2,1H3. The van der Waals surface area contributed by atoms with Gasteiger partial charge in [0.05, 0.1) is 11.8 Å². The number of benzene rings is 1. The van der Waals surface area contributed by atoms with E-state index in [4.69, 9.17) is 10.2 Å². The molecule has 1 aliphatic rings. The molecule has 2 N–H and O–H groups in total. The predicted molar refractivity (Wildman–Crippen MR) is 69.2 cm³/mol. The average Bonchev–Trinajstić information content (AvgIpc) is 2.78. The van der Waals surface area contributed by atoms with Crippen LogP contribution in [-0.2, 0) is 5.54 Å². The Morgan fingerprint density at radius 2 is 1.94 bits per heavy atom. The molecule has 1 aromatic heterocycles. The van der Waals surface area contributed by atoms with Crippen molar-refractivity contribution >= 4 is 11.6 Å².